The molecule has 1 aliphatic heterocycles. The van der Waals surface area contributed by atoms with Gasteiger partial charge < -0.3 is 18.9 Å². The number of allylic oxidation sites excluding steroid dienone is 2. The molecule has 2 aromatic rings. The van der Waals surface area contributed by atoms with Crippen molar-refractivity contribution in [1.29, 1.82) is 0 Å². The fraction of sp³-hybridized carbons (Fsp3) is 0.481. The molecule has 0 spiro atoms. The maximum Gasteiger partial charge on any atom is 0.433 e. The molecule has 6 nitrogen and oxygen atoms in total. The van der Waals surface area contributed by atoms with Crippen LogP contribution in [-0.4, -0.2) is 43.5 Å². The maximum absolute atomic E-state index is 13.6. The van der Waals surface area contributed by atoms with Gasteiger partial charge >= 0.3 is 6.18 Å². The number of ether oxygens (including phenoxy) is 4. The Hall–Kier alpha value is -2.98. The number of carbonyl (C=O) groups excluding carboxylic acids is 1. The molecular weight excluding hydrogens is 494 g/mol. The van der Waals surface area contributed by atoms with Crippen molar-refractivity contribution in [3.05, 3.63) is 59.3 Å². The topological polar surface area (TPSA) is 66.9 Å². The standard InChI is InChI=1S/C27H29F4NO5/c28-19-8-9-21-20(15-19)24(16-25(32-21)27(29,30)31)35-12-4-1-3-11-34-23-10-7-18(14-22(23)33)17-37-26-6-2-5-13-36-26/h8-10,14-16,26H,1-7,11-13,17H2. The number of ketones is 1. The predicted molar refractivity (Wildman–Crippen MR) is 127 cm³/mol. The minimum atomic E-state index is -4.64. The van der Waals surface area contributed by atoms with Crippen LogP contribution in [0.4, 0.5) is 17.6 Å². The molecule has 4 rings (SSSR count). The number of carbonyl (C=O) groups is 1. The van der Waals surface area contributed by atoms with Gasteiger partial charge in [-0.05, 0) is 80.9 Å². The Morgan fingerprint density at radius 2 is 1.86 bits per heavy atom. The van der Waals surface area contributed by atoms with Gasteiger partial charge in [-0.1, -0.05) is 0 Å². The number of hydrogen-bond donors (Lipinski definition) is 0. The number of aromatic nitrogens is 1. The van der Waals surface area contributed by atoms with Gasteiger partial charge in [-0.2, -0.15) is 13.2 Å². The zero-order valence-electron chi connectivity index (χ0n) is 20.3. The molecule has 1 saturated heterocycles. The first-order valence-corrected chi connectivity index (χ1v) is 12.4. The molecule has 1 aromatic heterocycles. The highest BCUT2D eigenvalue weighted by Gasteiger charge is 2.33. The van der Waals surface area contributed by atoms with E-state index in [0.29, 0.717) is 51.3 Å². The number of halogens is 4. The maximum atomic E-state index is 13.6. The predicted octanol–water partition coefficient (Wildman–Crippen LogP) is 6.28. The number of fused-ring (bicyclic) bond motifs is 1. The Morgan fingerprint density at radius 3 is 2.59 bits per heavy atom. The van der Waals surface area contributed by atoms with E-state index in [0.717, 1.165) is 43.0 Å². The molecule has 200 valence electrons. The van der Waals surface area contributed by atoms with Gasteiger partial charge in [0.2, 0.25) is 5.78 Å². The summed E-state index contributed by atoms with van der Waals surface area (Å²) in [6, 6.07) is 4.15. The lowest BCUT2D eigenvalue weighted by Gasteiger charge is -2.23. The zero-order chi connectivity index (χ0) is 26.3. The monoisotopic (exact) mass is 523 g/mol. The van der Waals surface area contributed by atoms with Gasteiger partial charge in [0.15, 0.2) is 12.0 Å². The highest BCUT2D eigenvalue weighted by molar-refractivity contribution is 6.03. The van der Waals surface area contributed by atoms with Crippen molar-refractivity contribution in [3.63, 3.8) is 0 Å². The Bertz CT molecular complexity index is 1160. The van der Waals surface area contributed by atoms with Crippen LogP contribution >= 0.6 is 0 Å². The van der Waals surface area contributed by atoms with Crippen LogP contribution in [0.3, 0.4) is 0 Å². The van der Waals surface area contributed by atoms with Crippen LogP contribution in [0.1, 0.15) is 50.6 Å². The molecule has 0 saturated carbocycles. The molecule has 0 radical (unpaired) electrons. The zero-order valence-corrected chi connectivity index (χ0v) is 20.3. The second-order valence-corrected chi connectivity index (χ2v) is 8.97. The van der Waals surface area contributed by atoms with Crippen molar-refractivity contribution in [3.8, 4) is 5.75 Å². The van der Waals surface area contributed by atoms with E-state index in [9.17, 15) is 22.4 Å². The van der Waals surface area contributed by atoms with E-state index in [1.54, 1.807) is 12.2 Å². The van der Waals surface area contributed by atoms with E-state index >= 15 is 0 Å². The summed E-state index contributed by atoms with van der Waals surface area (Å²) in [5, 5.41) is 0.183. The van der Waals surface area contributed by atoms with Crippen molar-refractivity contribution >= 4 is 16.7 Å². The van der Waals surface area contributed by atoms with Gasteiger partial charge in [-0.25, -0.2) is 9.37 Å². The third kappa shape index (κ3) is 7.75. The van der Waals surface area contributed by atoms with E-state index in [4.69, 9.17) is 18.9 Å². The number of hydrogen-bond acceptors (Lipinski definition) is 6. The number of benzene rings is 1. The molecule has 10 heteroatoms. The number of alkyl halides is 3. The number of rotatable bonds is 11. The Balaban J connectivity index is 1.17. The summed E-state index contributed by atoms with van der Waals surface area (Å²) in [4.78, 5) is 15.9. The van der Waals surface area contributed by atoms with Gasteiger partial charge in [-0.3, -0.25) is 4.79 Å². The second-order valence-electron chi connectivity index (χ2n) is 8.97. The molecule has 0 amide bonds. The number of pyridine rings is 1. The van der Waals surface area contributed by atoms with Crippen LogP contribution in [0, 0.1) is 5.82 Å². The van der Waals surface area contributed by atoms with E-state index in [2.05, 4.69) is 4.98 Å². The third-order valence-electron chi connectivity index (χ3n) is 6.05. The van der Waals surface area contributed by atoms with Gasteiger partial charge in [-0.15, -0.1) is 0 Å². The number of nitrogens with zero attached hydrogens (tertiary/aromatic N) is 1. The average Bonchev–Trinajstić information content (AvgIpc) is 2.88. The summed E-state index contributed by atoms with van der Waals surface area (Å²) in [5.74, 6) is -0.545. The molecule has 1 unspecified atom stereocenters. The first-order chi connectivity index (χ1) is 17.8. The van der Waals surface area contributed by atoms with Gasteiger partial charge in [0, 0.05) is 18.1 Å². The van der Waals surface area contributed by atoms with Crippen LogP contribution < -0.4 is 4.74 Å². The highest BCUT2D eigenvalue weighted by atomic mass is 19.4. The summed E-state index contributed by atoms with van der Waals surface area (Å²) in [6.07, 6.45) is 3.84. The lowest BCUT2D eigenvalue weighted by atomic mass is 10.0. The highest BCUT2D eigenvalue weighted by Crippen LogP contribution is 2.34. The molecule has 37 heavy (non-hydrogen) atoms. The van der Waals surface area contributed by atoms with Crippen molar-refractivity contribution in [2.75, 3.05) is 26.4 Å². The van der Waals surface area contributed by atoms with E-state index in [1.165, 1.54) is 6.07 Å². The fourth-order valence-corrected chi connectivity index (χ4v) is 4.09. The van der Waals surface area contributed by atoms with Gasteiger partial charge in [0.1, 0.15) is 17.3 Å². The second kappa shape index (κ2) is 12.5. The van der Waals surface area contributed by atoms with Gasteiger partial charge in [0.25, 0.3) is 0 Å². The minimum Gasteiger partial charge on any atom is -0.493 e. The van der Waals surface area contributed by atoms with Gasteiger partial charge in [0.05, 0.1) is 25.3 Å². The Labute approximate surface area is 212 Å². The summed E-state index contributed by atoms with van der Waals surface area (Å²) < 4.78 is 75.6. The summed E-state index contributed by atoms with van der Waals surface area (Å²) >= 11 is 0. The van der Waals surface area contributed by atoms with Crippen molar-refractivity contribution < 1.29 is 41.3 Å². The molecule has 1 aromatic carbocycles. The summed E-state index contributed by atoms with van der Waals surface area (Å²) in [7, 11) is 0. The quantitative estimate of drug-likeness (QED) is 0.255. The van der Waals surface area contributed by atoms with Crippen LogP contribution in [0.15, 0.2) is 47.7 Å². The summed E-state index contributed by atoms with van der Waals surface area (Å²) in [6.45, 7) is 1.52. The van der Waals surface area contributed by atoms with E-state index in [-0.39, 0.29) is 35.3 Å². The molecule has 2 heterocycles. The van der Waals surface area contributed by atoms with Crippen LogP contribution in [0.2, 0.25) is 0 Å². The molecule has 0 N–H and O–H groups in total. The minimum absolute atomic E-state index is 0.0103. The molecule has 1 aliphatic carbocycles. The third-order valence-corrected chi connectivity index (χ3v) is 6.05. The first kappa shape index (κ1) is 27.1. The number of unbranched alkanes of at least 4 members (excludes halogenated alkanes) is 2. The molecule has 1 atom stereocenters. The van der Waals surface area contributed by atoms with Crippen molar-refractivity contribution in [2.24, 2.45) is 0 Å². The Morgan fingerprint density at radius 1 is 1.05 bits per heavy atom. The normalized spacial score (nSPS) is 18.5. The average molecular weight is 524 g/mol. The summed E-state index contributed by atoms with van der Waals surface area (Å²) in [5.41, 5.74) is -0.205. The molecule has 0 bridgehead atoms. The first-order valence-electron chi connectivity index (χ1n) is 12.4. The lowest BCUT2D eigenvalue weighted by molar-refractivity contribution is -0.157. The van der Waals surface area contributed by atoms with Crippen molar-refractivity contribution in [1.82, 2.24) is 4.98 Å². The van der Waals surface area contributed by atoms with Crippen LogP contribution in [0.25, 0.3) is 10.9 Å². The van der Waals surface area contributed by atoms with Crippen molar-refractivity contribution in [2.45, 2.75) is 57.4 Å². The largest absolute Gasteiger partial charge is 0.493 e. The Kier molecular flexibility index (Phi) is 9.15. The smallest absolute Gasteiger partial charge is 0.433 e. The van der Waals surface area contributed by atoms with Crippen LogP contribution in [0.5, 0.6) is 5.75 Å². The molecule has 1 fully saturated rings. The van der Waals surface area contributed by atoms with Crippen LogP contribution in [-0.2, 0) is 25.2 Å². The fourth-order valence-electron chi connectivity index (χ4n) is 4.09. The molecular formula is C27H29F4NO5. The molecule has 2 aliphatic rings. The SMILES string of the molecule is O=C1C=C(COC2CCCCO2)CC=C1OCCCCCOc1cc(C(F)(F)F)nc2ccc(F)cc12. The van der Waals surface area contributed by atoms with E-state index < -0.39 is 17.7 Å². The van der Waals surface area contributed by atoms with E-state index in [1.807, 2.05) is 0 Å². The lowest BCUT2D eigenvalue weighted by Crippen LogP contribution is -2.23.